The van der Waals surface area contributed by atoms with Gasteiger partial charge in [-0.1, -0.05) is 26.2 Å². The summed E-state index contributed by atoms with van der Waals surface area (Å²) in [6.45, 7) is 3.86. The molecule has 19 heavy (non-hydrogen) atoms. The molecule has 3 heteroatoms. The molecule has 0 heterocycles. The van der Waals surface area contributed by atoms with Crippen LogP contribution < -0.4 is 5.73 Å². The highest BCUT2D eigenvalue weighted by atomic mass is 16.2. The summed E-state index contributed by atoms with van der Waals surface area (Å²) in [4.78, 5) is 14.6. The highest BCUT2D eigenvalue weighted by Crippen LogP contribution is 2.32. The first-order valence-electron chi connectivity index (χ1n) is 8.20. The van der Waals surface area contributed by atoms with E-state index in [0.29, 0.717) is 30.8 Å². The fraction of sp³-hybridized carbons (Fsp3) is 0.938. The highest BCUT2D eigenvalue weighted by molar-refractivity contribution is 5.76. The predicted octanol–water partition coefficient (Wildman–Crippen LogP) is 2.93. The second-order valence-corrected chi connectivity index (χ2v) is 6.66. The Morgan fingerprint density at radius 1 is 1.21 bits per heavy atom. The lowest BCUT2D eigenvalue weighted by molar-refractivity contribution is -0.132. The molecule has 2 saturated carbocycles. The smallest absolute Gasteiger partial charge is 0.222 e. The summed E-state index contributed by atoms with van der Waals surface area (Å²) in [5.74, 6) is 1.62. The Balaban J connectivity index is 1.79. The van der Waals surface area contributed by atoms with Crippen LogP contribution in [-0.2, 0) is 4.79 Å². The lowest BCUT2D eigenvalue weighted by Gasteiger charge is -2.30. The molecule has 2 aliphatic carbocycles. The molecule has 0 bridgehead atoms. The van der Waals surface area contributed by atoms with Crippen molar-refractivity contribution < 1.29 is 4.79 Å². The minimum absolute atomic E-state index is 0.383. The standard InChI is InChI=1S/C16H30N2O/c1-13(11-17)7-10-16(19)18(15-8-9-15)12-14-5-3-2-4-6-14/h13-15H,2-12,17H2,1H3. The van der Waals surface area contributed by atoms with Crippen LogP contribution in [0.25, 0.3) is 0 Å². The predicted molar refractivity (Wildman–Crippen MR) is 78.8 cm³/mol. The van der Waals surface area contributed by atoms with Crippen molar-refractivity contribution in [2.75, 3.05) is 13.1 Å². The van der Waals surface area contributed by atoms with Crippen molar-refractivity contribution in [3.8, 4) is 0 Å². The number of carbonyl (C=O) groups is 1. The van der Waals surface area contributed by atoms with Crippen molar-refractivity contribution in [3.05, 3.63) is 0 Å². The molecule has 0 aromatic carbocycles. The van der Waals surface area contributed by atoms with E-state index in [-0.39, 0.29) is 0 Å². The Bertz CT molecular complexity index is 282. The van der Waals surface area contributed by atoms with Crippen LogP contribution in [0.2, 0.25) is 0 Å². The van der Waals surface area contributed by atoms with E-state index < -0.39 is 0 Å². The minimum atomic E-state index is 0.383. The second kappa shape index (κ2) is 7.28. The Hall–Kier alpha value is -0.570. The van der Waals surface area contributed by atoms with E-state index in [1.807, 2.05) is 0 Å². The zero-order valence-electron chi connectivity index (χ0n) is 12.4. The van der Waals surface area contributed by atoms with Crippen molar-refractivity contribution in [3.63, 3.8) is 0 Å². The normalized spacial score (nSPS) is 22.2. The minimum Gasteiger partial charge on any atom is -0.339 e. The molecular weight excluding hydrogens is 236 g/mol. The fourth-order valence-electron chi connectivity index (χ4n) is 3.12. The average molecular weight is 266 g/mol. The van der Waals surface area contributed by atoms with Crippen LogP contribution in [0.3, 0.4) is 0 Å². The maximum atomic E-state index is 12.4. The molecule has 110 valence electrons. The molecular formula is C16H30N2O. The summed E-state index contributed by atoms with van der Waals surface area (Å²) in [5.41, 5.74) is 5.63. The summed E-state index contributed by atoms with van der Waals surface area (Å²) < 4.78 is 0. The van der Waals surface area contributed by atoms with E-state index in [2.05, 4.69) is 11.8 Å². The summed E-state index contributed by atoms with van der Waals surface area (Å²) >= 11 is 0. The summed E-state index contributed by atoms with van der Waals surface area (Å²) in [6, 6.07) is 0.572. The van der Waals surface area contributed by atoms with Gasteiger partial charge in [0.2, 0.25) is 5.91 Å². The molecule has 2 N–H and O–H groups in total. The van der Waals surface area contributed by atoms with Gasteiger partial charge in [0.1, 0.15) is 0 Å². The molecule has 2 aliphatic rings. The number of rotatable bonds is 7. The monoisotopic (exact) mass is 266 g/mol. The third-order valence-electron chi connectivity index (χ3n) is 4.74. The van der Waals surface area contributed by atoms with Crippen LogP contribution in [0.15, 0.2) is 0 Å². The van der Waals surface area contributed by atoms with Gasteiger partial charge in [-0.25, -0.2) is 0 Å². The molecule has 3 nitrogen and oxygen atoms in total. The highest BCUT2D eigenvalue weighted by Gasteiger charge is 2.33. The number of nitrogens with zero attached hydrogens (tertiary/aromatic N) is 1. The Morgan fingerprint density at radius 2 is 1.89 bits per heavy atom. The molecule has 0 aromatic heterocycles. The zero-order chi connectivity index (χ0) is 13.7. The van der Waals surface area contributed by atoms with Crippen molar-refractivity contribution in [2.24, 2.45) is 17.6 Å². The lowest BCUT2D eigenvalue weighted by atomic mass is 9.89. The zero-order valence-corrected chi connectivity index (χ0v) is 12.4. The molecule has 1 atom stereocenters. The third kappa shape index (κ3) is 4.79. The molecule has 0 aliphatic heterocycles. The Kier molecular flexibility index (Phi) is 5.68. The van der Waals surface area contributed by atoms with Crippen LogP contribution in [-0.4, -0.2) is 29.9 Å². The molecule has 0 aromatic rings. The average Bonchev–Trinajstić information content (AvgIpc) is 3.27. The van der Waals surface area contributed by atoms with Gasteiger partial charge in [0.25, 0.3) is 0 Å². The van der Waals surface area contributed by atoms with Crippen molar-refractivity contribution in [1.29, 1.82) is 0 Å². The van der Waals surface area contributed by atoms with Gasteiger partial charge in [0, 0.05) is 19.0 Å². The first kappa shape index (κ1) is 14.8. The molecule has 1 amide bonds. The van der Waals surface area contributed by atoms with Crippen LogP contribution in [0.5, 0.6) is 0 Å². The van der Waals surface area contributed by atoms with Crippen molar-refractivity contribution in [1.82, 2.24) is 4.90 Å². The topological polar surface area (TPSA) is 46.3 Å². The molecule has 1 unspecified atom stereocenters. The quantitative estimate of drug-likeness (QED) is 0.770. The molecule has 0 spiro atoms. The van der Waals surface area contributed by atoms with E-state index in [4.69, 9.17) is 5.73 Å². The molecule has 2 fully saturated rings. The lowest BCUT2D eigenvalue weighted by Crippen LogP contribution is -2.38. The second-order valence-electron chi connectivity index (χ2n) is 6.66. The summed E-state index contributed by atoms with van der Waals surface area (Å²) in [7, 11) is 0. The van der Waals surface area contributed by atoms with E-state index in [9.17, 15) is 4.79 Å². The summed E-state index contributed by atoms with van der Waals surface area (Å²) in [6.07, 6.45) is 10.9. The van der Waals surface area contributed by atoms with E-state index in [0.717, 1.165) is 18.9 Å². The third-order valence-corrected chi connectivity index (χ3v) is 4.74. The van der Waals surface area contributed by atoms with Crippen molar-refractivity contribution in [2.45, 2.75) is 70.8 Å². The van der Waals surface area contributed by atoms with Crippen molar-refractivity contribution >= 4 is 5.91 Å². The number of amides is 1. The van der Waals surface area contributed by atoms with Crippen LogP contribution >= 0.6 is 0 Å². The first-order valence-corrected chi connectivity index (χ1v) is 8.20. The van der Waals surface area contributed by atoms with E-state index in [1.54, 1.807) is 0 Å². The maximum Gasteiger partial charge on any atom is 0.222 e. The number of hydrogen-bond donors (Lipinski definition) is 1. The van der Waals surface area contributed by atoms with Gasteiger partial charge in [-0.3, -0.25) is 4.79 Å². The van der Waals surface area contributed by atoms with E-state index in [1.165, 1.54) is 44.9 Å². The van der Waals surface area contributed by atoms with E-state index >= 15 is 0 Å². The number of hydrogen-bond acceptors (Lipinski definition) is 2. The van der Waals surface area contributed by atoms with Gasteiger partial charge in [-0.15, -0.1) is 0 Å². The largest absolute Gasteiger partial charge is 0.339 e. The van der Waals surface area contributed by atoms with Gasteiger partial charge < -0.3 is 10.6 Å². The molecule has 0 radical (unpaired) electrons. The van der Waals surface area contributed by atoms with Crippen LogP contribution in [0.4, 0.5) is 0 Å². The fourth-order valence-corrected chi connectivity index (χ4v) is 3.12. The van der Waals surface area contributed by atoms with Gasteiger partial charge in [-0.2, -0.15) is 0 Å². The Labute approximate surface area is 117 Å². The number of nitrogens with two attached hydrogens (primary N) is 1. The molecule has 0 saturated heterocycles. The summed E-state index contributed by atoms with van der Waals surface area (Å²) in [5, 5.41) is 0. The van der Waals surface area contributed by atoms with Crippen LogP contribution in [0, 0.1) is 11.8 Å². The Morgan fingerprint density at radius 3 is 2.47 bits per heavy atom. The number of carbonyl (C=O) groups excluding carboxylic acids is 1. The molecule has 2 rings (SSSR count). The first-order chi connectivity index (χ1) is 9.20. The SMILES string of the molecule is CC(CN)CCC(=O)N(CC1CCCCC1)C1CC1. The van der Waals surface area contributed by atoms with Gasteiger partial charge >= 0.3 is 0 Å². The van der Waals surface area contributed by atoms with Gasteiger partial charge in [0.05, 0.1) is 0 Å². The van der Waals surface area contributed by atoms with Crippen LogP contribution in [0.1, 0.15) is 64.7 Å². The van der Waals surface area contributed by atoms with Gasteiger partial charge in [0.15, 0.2) is 0 Å². The maximum absolute atomic E-state index is 12.4. The van der Waals surface area contributed by atoms with Gasteiger partial charge in [-0.05, 0) is 50.5 Å².